The molecule has 0 spiro atoms. The number of hydrogen-bond donors (Lipinski definition) is 0. The van der Waals surface area contributed by atoms with Crippen LogP contribution in [0.3, 0.4) is 0 Å². The number of halogens is 2. The first-order chi connectivity index (χ1) is 11.0. The van der Waals surface area contributed by atoms with Gasteiger partial charge in [-0.05, 0) is 41.9 Å². The van der Waals surface area contributed by atoms with Gasteiger partial charge in [-0.2, -0.15) is 0 Å². The first kappa shape index (κ1) is 17.4. The molecule has 1 aromatic heterocycles. The van der Waals surface area contributed by atoms with Gasteiger partial charge in [0.15, 0.2) is 0 Å². The fourth-order valence-electron chi connectivity index (χ4n) is 1.79. The fourth-order valence-corrected chi connectivity index (χ4v) is 2.21. The molecule has 0 fully saturated rings. The van der Waals surface area contributed by atoms with Crippen LogP contribution in [0, 0.1) is 12.7 Å². The van der Waals surface area contributed by atoms with E-state index < -0.39 is 0 Å². The molecule has 4 nitrogen and oxygen atoms in total. The molecule has 23 heavy (non-hydrogen) atoms. The number of nitrogens with zero attached hydrogens (tertiary/aromatic N) is 3. The van der Waals surface area contributed by atoms with Crippen LogP contribution in [0.2, 0.25) is 0 Å². The van der Waals surface area contributed by atoms with Crippen molar-refractivity contribution in [3.8, 4) is 5.88 Å². The third-order valence-corrected chi connectivity index (χ3v) is 3.89. The summed E-state index contributed by atoms with van der Waals surface area (Å²) in [4.78, 5) is 10.8. The number of hydrogen-bond acceptors (Lipinski definition) is 3. The zero-order valence-electron chi connectivity index (χ0n) is 13.4. The van der Waals surface area contributed by atoms with E-state index in [2.05, 4.69) is 25.9 Å². The number of benzene rings is 1. The van der Waals surface area contributed by atoms with Crippen molar-refractivity contribution in [2.45, 2.75) is 20.5 Å². The Hall–Kier alpha value is -1.95. The number of aryl methyl sites for hydroxylation is 1. The molecule has 122 valence electrons. The number of ether oxygens (including phenoxy) is 1. The molecule has 0 aliphatic carbocycles. The summed E-state index contributed by atoms with van der Waals surface area (Å²) in [5.74, 6) is 0.137. The molecule has 0 saturated carbocycles. The van der Waals surface area contributed by atoms with Crippen molar-refractivity contribution < 1.29 is 9.13 Å². The Morgan fingerprint density at radius 3 is 2.83 bits per heavy atom. The first-order valence-electron chi connectivity index (χ1n) is 7.29. The lowest BCUT2D eigenvalue weighted by atomic mass is 10.2. The largest absolute Gasteiger partial charge is 0.472 e. The summed E-state index contributed by atoms with van der Waals surface area (Å²) in [7, 11) is 1.95. The van der Waals surface area contributed by atoms with Gasteiger partial charge in [0.05, 0.1) is 22.2 Å². The molecule has 0 unspecified atom stereocenters. The molecule has 0 saturated heterocycles. The maximum Gasteiger partial charge on any atom is 0.228 e. The summed E-state index contributed by atoms with van der Waals surface area (Å²) in [5.41, 5.74) is 2.00. The third kappa shape index (κ3) is 4.76. The summed E-state index contributed by atoms with van der Waals surface area (Å²) in [6.45, 7) is 4.91. The Morgan fingerprint density at radius 1 is 1.39 bits per heavy atom. The van der Waals surface area contributed by atoms with Crippen molar-refractivity contribution in [1.82, 2.24) is 9.88 Å². The van der Waals surface area contributed by atoms with E-state index in [4.69, 9.17) is 4.74 Å². The van der Waals surface area contributed by atoms with Gasteiger partial charge in [0.25, 0.3) is 0 Å². The molecule has 1 aromatic carbocycles. The lowest BCUT2D eigenvalue weighted by Gasteiger charge is -2.11. The quantitative estimate of drug-likeness (QED) is 0.548. The molecule has 6 heteroatoms. The van der Waals surface area contributed by atoms with Crippen LogP contribution in [0.4, 0.5) is 10.1 Å². The zero-order valence-corrected chi connectivity index (χ0v) is 15.0. The van der Waals surface area contributed by atoms with Crippen molar-refractivity contribution in [1.29, 1.82) is 0 Å². The molecule has 2 aromatic rings. The maximum absolute atomic E-state index is 13.6. The van der Waals surface area contributed by atoms with Crippen molar-refractivity contribution in [2.24, 2.45) is 4.99 Å². The van der Waals surface area contributed by atoms with Crippen LogP contribution < -0.4 is 4.74 Å². The van der Waals surface area contributed by atoms with E-state index in [1.54, 1.807) is 24.5 Å². The molecular weight excluding hydrogens is 361 g/mol. The van der Waals surface area contributed by atoms with Gasteiger partial charge in [0.1, 0.15) is 12.4 Å². The number of aliphatic imine (C=N–C) groups is 1. The third-order valence-electron chi connectivity index (χ3n) is 3.32. The SMILES string of the molecule is CCN(C)/C=N/c1cc(Br)c(OCc2ccccc2F)nc1C. The van der Waals surface area contributed by atoms with Crippen molar-refractivity contribution in [3.05, 3.63) is 51.9 Å². The minimum Gasteiger partial charge on any atom is -0.472 e. The molecule has 0 bridgehead atoms. The summed E-state index contributed by atoms with van der Waals surface area (Å²) in [5, 5.41) is 0. The molecule has 0 aliphatic rings. The van der Waals surface area contributed by atoms with E-state index in [-0.39, 0.29) is 12.4 Å². The second kappa shape index (κ2) is 8.06. The van der Waals surface area contributed by atoms with Crippen LogP contribution in [-0.2, 0) is 6.61 Å². The molecule has 0 radical (unpaired) electrons. The second-order valence-electron chi connectivity index (χ2n) is 5.08. The van der Waals surface area contributed by atoms with E-state index in [1.165, 1.54) is 6.07 Å². The average molecular weight is 380 g/mol. The van der Waals surface area contributed by atoms with Gasteiger partial charge < -0.3 is 9.64 Å². The number of pyridine rings is 1. The second-order valence-corrected chi connectivity index (χ2v) is 5.93. The van der Waals surface area contributed by atoms with Crippen LogP contribution in [-0.4, -0.2) is 29.8 Å². The van der Waals surface area contributed by atoms with Crippen molar-refractivity contribution in [2.75, 3.05) is 13.6 Å². The smallest absolute Gasteiger partial charge is 0.228 e. The Bertz CT molecular complexity index is 706. The van der Waals surface area contributed by atoms with E-state index >= 15 is 0 Å². The Labute approximate surface area is 144 Å². The highest BCUT2D eigenvalue weighted by Gasteiger charge is 2.10. The van der Waals surface area contributed by atoms with E-state index in [1.807, 2.05) is 31.9 Å². The summed E-state index contributed by atoms with van der Waals surface area (Å²) >= 11 is 3.43. The number of rotatable bonds is 6. The van der Waals surface area contributed by atoms with Gasteiger partial charge in [-0.1, -0.05) is 18.2 Å². The zero-order chi connectivity index (χ0) is 16.8. The molecule has 0 amide bonds. The van der Waals surface area contributed by atoms with Gasteiger partial charge in [-0.15, -0.1) is 0 Å². The summed E-state index contributed by atoms with van der Waals surface area (Å²) < 4.78 is 19.9. The normalized spacial score (nSPS) is 11.0. The van der Waals surface area contributed by atoms with Gasteiger partial charge >= 0.3 is 0 Å². The Morgan fingerprint density at radius 2 is 2.13 bits per heavy atom. The van der Waals surface area contributed by atoms with Crippen LogP contribution >= 0.6 is 15.9 Å². The van der Waals surface area contributed by atoms with E-state index in [0.717, 1.165) is 17.9 Å². The minimum absolute atomic E-state index is 0.124. The summed E-state index contributed by atoms with van der Waals surface area (Å²) in [6.07, 6.45) is 1.76. The predicted molar refractivity (Wildman–Crippen MR) is 93.9 cm³/mol. The van der Waals surface area contributed by atoms with Crippen LogP contribution in [0.5, 0.6) is 5.88 Å². The highest BCUT2D eigenvalue weighted by atomic mass is 79.9. The molecule has 2 rings (SSSR count). The maximum atomic E-state index is 13.6. The predicted octanol–water partition coefficient (Wildman–Crippen LogP) is 4.48. The number of aromatic nitrogens is 1. The van der Waals surface area contributed by atoms with Gasteiger partial charge in [-0.25, -0.2) is 14.4 Å². The highest BCUT2D eigenvalue weighted by molar-refractivity contribution is 9.10. The summed E-state index contributed by atoms with van der Waals surface area (Å²) in [6, 6.07) is 8.37. The van der Waals surface area contributed by atoms with Gasteiger partial charge in [0.2, 0.25) is 5.88 Å². The Balaban J connectivity index is 2.14. The van der Waals surface area contributed by atoms with Crippen LogP contribution in [0.1, 0.15) is 18.2 Å². The standard InChI is InChI=1S/C17H19BrFN3O/c1-4-22(3)11-20-16-9-14(18)17(21-12(16)2)23-10-13-7-5-6-8-15(13)19/h5-9,11H,4,10H2,1-3H3/b20-11+. The van der Waals surface area contributed by atoms with Gasteiger partial charge in [0, 0.05) is 19.2 Å². The molecule has 1 heterocycles. The Kier molecular flexibility index (Phi) is 6.10. The lowest BCUT2D eigenvalue weighted by Crippen LogP contribution is -2.14. The first-order valence-corrected chi connectivity index (χ1v) is 8.08. The molecule has 0 N–H and O–H groups in total. The van der Waals surface area contributed by atoms with E-state index in [9.17, 15) is 4.39 Å². The van der Waals surface area contributed by atoms with Crippen LogP contribution in [0.15, 0.2) is 39.8 Å². The van der Waals surface area contributed by atoms with Crippen LogP contribution in [0.25, 0.3) is 0 Å². The van der Waals surface area contributed by atoms with Crippen molar-refractivity contribution >= 4 is 28.0 Å². The molecule has 0 aliphatic heterocycles. The van der Waals surface area contributed by atoms with E-state index in [0.29, 0.717) is 15.9 Å². The lowest BCUT2D eigenvalue weighted by molar-refractivity contribution is 0.285. The minimum atomic E-state index is -0.288. The molecular formula is C17H19BrFN3O. The van der Waals surface area contributed by atoms with Crippen molar-refractivity contribution in [3.63, 3.8) is 0 Å². The highest BCUT2D eigenvalue weighted by Crippen LogP contribution is 2.30. The molecule has 0 atom stereocenters. The monoisotopic (exact) mass is 379 g/mol. The topological polar surface area (TPSA) is 37.7 Å². The van der Waals surface area contributed by atoms with Gasteiger partial charge in [-0.3, -0.25) is 0 Å². The fraction of sp³-hybridized carbons (Fsp3) is 0.294. The average Bonchev–Trinajstić information content (AvgIpc) is 2.54.